The Labute approximate surface area is 167 Å². The van der Waals surface area contributed by atoms with Crippen molar-refractivity contribution < 1.29 is 19.1 Å². The molecule has 0 aromatic heterocycles. The Morgan fingerprint density at radius 3 is 2.32 bits per heavy atom. The third kappa shape index (κ3) is 6.41. The van der Waals surface area contributed by atoms with E-state index < -0.39 is 0 Å². The van der Waals surface area contributed by atoms with Crippen LogP contribution in [0.25, 0.3) is 0 Å². The maximum Gasteiger partial charge on any atom is 0.314 e. The number of carbonyl (C=O) groups is 2. The maximum atomic E-state index is 12.6. The number of hydrogen-bond acceptors (Lipinski definition) is 4. The van der Waals surface area contributed by atoms with Gasteiger partial charge < -0.3 is 14.8 Å². The van der Waals surface area contributed by atoms with Crippen LogP contribution in [0.2, 0.25) is 0 Å². The molecule has 0 aliphatic rings. The fourth-order valence-corrected chi connectivity index (χ4v) is 3.01. The summed E-state index contributed by atoms with van der Waals surface area (Å²) in [5, 5.41) is 2.79. The Morgan fingerprint density at radius 2 is 1.71 bits per heavy atom. The third-order valence-electron chi connectivity index (χ3n) is 4.87. The van der Waals surface area contributed by atoms with Crippen molar-refractivity contribution in [3.8, 4) is 5.75 Å². The molecular weight excluding hydrogens is 354 g/mol. The molecule has 28 heavy (non-hydrogen) atoms. The summed E-state index contributed by atoms with van der Waals surface area (Å²) in [5.41, 5.74) is 2.01. The van der Waals surface area contributed by atoms with E-state index in [9.17, 15) is 9.59 Å². The molecule has 2 unspecified atom stereocenters. The lowest BCUT2D eigenvalue weighted by Gasteiger charge is -2.21. The van der Waals surface area contributed by atoms with E-state index in [4.69, 9.17) is 9.47 Å². The smallest absolute Gasteiger partial charge is 0.314 e. The number of nitrogens with one attached hydrogen (secondary N) is 1. The highest BCUT2D eigenvalue weighted by molar-refractivity contribution is 5.83. The zero-order chi connectivity index (χ0) is 20.4. The molecule has 5 nitrogen and oxygen atoms in total. The molecule has 2 aromatic rings. The van der Waals surface area contributed by atoms with Gasteiger partial charge in [0.1, 0.15) is 5.75 Å². The Kier molecular flexibility index (Phi) is 8.53. The predicted molar refractivity (Wildman–Crippen MR) is 109 cm³/mol. The third-order valence-corrected chi connectivity index (χ3v) is 4.87. The average Bonchev–Trinajstić information content (AvgIpc) is 2.73. The summed E-state index contributed by atoms with van der Waals surface area (Å²) in [7, 11) is 1.63. The first-order valence-electron chi connectivity index (χ1n) is 9.66. The number of ether oxygens (including phenoxy) is 2. The number of rotatable bonds is 10. The SMILES string of the molecule is CCC(C)C(C(=O)OCC(=O)NCCc1ccc(OC)cc1)c1ccccc1. The molecule has 0 bridgehead atoms. The van der Waals surface area contributed by atoms with E-state index >= 15 is 0 Å². The molecule has 2 aromatic carbocycles. The van der Waals surface area contributed by atoms with Gasteiger partial charge in [-0.05, 0) is 35.6 Å². The molecule has 0 fully saturated rings. The zero-order valence-corrected chi connectivity index (χ0v) is 16.8. The van der Waals surface area contributed by atoms with Crippen LogP contribution >= 0.6 is 0 Å². The quantitative estimate of drug-likeness (QED) is 0.635. The van der Waals surface area contributed by atoms with Crippen molar-refractivity contribution in [3.63, 3.8) is 0 Å². The highest BCUT2D eigenvalue weighted by Crippen LogP contribution is 2.28. The molecule has 0 spiro atoms. The van der Waals surface area contributed by atoms with Crippen molar-refractivity contribution in [1.29, 1.82) is 0 Å². The monoisotopic (exact) mass is 383 g/mol. The number of carbonyl (C=O) groups excluding carboxylic acids is 2. The molecule has 150 valence electrons. The second kappa shape index (κ2) is 11.1. The van der Waals surface area contributed by atoms with Crippen LogP contribution < -0.4 is 10.1 Å². The molecule has 2 atom stereocenters. The topological polar surface area (TPSA) is 64.6 Å². The summed E-state index contributed by atoms with van der Waals surface area (Å²) < 4.78 is 10.4. The van der Waals surface area contributed by atoms with Gasteiger partial charge in [0.15, 0.2) is 6.61 Å². The van der Waals surface area contributed by atoms with Gasteiger partial charge in [-0.25, -0.2) is 0 Å². The van der Waals surface area contributed by atoms with Crippen LogP contribution in [0.5, 0.6) is 5.75 Å². The maximum absolute atomic E-state index is 12.6. The normalized spacial score (nSPS) is 12.7. The van der Waals surface area contributed by atoms with E-state index in [2.05, 4.69) is 5.32 Å². The molecule has 1 N–H and O–H groups in total. The van der Waals surface area contributed by atoms with E-state index in [0.29, 0.717) is 13.0 Å². The zero-order valence-electron chi connectivity index (χ0n) is 16.8. The molecule has 0 saturated carbocycles. The van der Waals surface area contributed by atoms with Gasteiger partial charge >= 0.3 is 5.97 Å². The fourth-order valence-electron chi connectivity index (χ4n) is 3.01. The standard InChI is InChI=1S/C23H29NO4/c1-4-17(2)22(19-8-6-5-7-9-19)23(26)28-16-21(25)24-15-14-18-10-12-20(27-3)13-11-18/h5-13,17,22H,4,14-16H2,1-3H3,(H,24,25). The van der Waals surface area contributed by atoms with Gasteiger partial charge in [-0.2, -0.15) is 0 Å². The minimum Gasteiger partial charge on any atom is -0.497 e. The summed E-state index contributed by atoms with van der Waals surface area (Å²) >= 11 is 0. The van der Waals surface area contributed by atoms with Crippen LogP contribution in [-0.2, 0) is 20.7 Å². The van der Waals surface area contributed by atoms with Crippen molar-refractivity contribution in [2.75, 3.05) is 20.3 Å². The highest BCUT2D eigenvalue weighted by atomic mass is 16.5. The molecule has 5 heteroatoms. The lowest BCUT2D eigenvalue weighted by atomic mass is 9.86. The summed E-state index contributed by atoms with van der Waals surface area (Å²) in [4.78, 5) is 24.6. The minimum atomic E-state index is -0.363. The van der Waals surface area contributed by atoms with Crippen LogP contribution in [0.4, 0.5) is 0 Å². The Morgan fingerprint density at radius 1 is 1.04 bits per heavy atom. The van der Waals surface area contributed by atoms with Crippen molar-refractivity contribution in [1.82, 2.24) is 5.32 Å². The predicted octanol–water partition coefficient (Wildman–Crippen LogP) is 3.73. The Balaban J connectivity index is 1.80. The van der Waals surface area contributed by atoms with Crippen LogP contribution in [0.15, 0.2) is 54.6 Å². The first kappa shape index (κ1) is 21.5. The second-order valence-corrected chi connectivity index (χ2v) is 6.83. The van der Waals surface area contributed by atoms with Crippen LogP contribution in [0, 0.1) is 5.92 Å². The molecular formula is C23H29NO4. The molecule has 0 heterocycles. The molecule has 0 aliphatic heterocycles. The largest absolute Gasteiger partial charge is 0.497 e. The van der Waals surface area contributed by atoms with Crippen molar-refractivity contribution in [2.24, 2.45) is 5.92 Å². The molecule has 1 amide bonds. The number of benzene rings is 2. The highest BCUT2D eigenvalue weighted by Gasteiger charge is 2.27. The summed E-state index contributed by atoms with van der Waals surface area (Å²) in [6.07, 6.45) is 1.55. The first-order chi connectivity index (χ1) is 13.5. The van der Waals surface area contributed by atoms with Gasteiger partial charge in [-0.15, -0.1) is 0 Å². The van der Waals surface area contributed by atoms with E-state index in [1.165, 1.54) is 0 Å². The van der Waals surface area contributed by atoms with Gasteiger partial charge in [0.25, 0.3) is 5.91 Å². The average molecular weight is 383 g/mol. The summed E-state index contributed by atoms with van der Waals surface area (Å²) in [6.45, 7) is 4.28. The van der Waals surface area contributed by atoms with Gasteiger partial charge in [-0.3, -0.25) is 9.59 Å². The van der Waals surface area contributed by atoms with E-state index in [-0.39, 0.29) is 30.3 Å². The van der Waals surface area contributed by atoms with Crippen LogP contribution in [-0.4, -0.2) is 32.1 Å². The number of amides is 1. The van der Waals surface area contributed by atoms with Gasteiger partial charge in [-0.1, -0.05) is 62.7 Å². The van der Waals surface area contributed by atoms with E-state index in [1.807, 2.05) is 68.4 Å². The van der Waals surface area contributed by atoms with Crippen molar-refractivity contribution >= 4 is 11.9 Å². The fraction of sp³-hybridized carbons (Fsp3) is 0.391. The number of methoxy groups -OCH3 is 1. The van der Waals surface area contributed by atoms with Gasteiger partial charge in [0.2, 0.25) is 0 Å². The minimum absolute atomic E-state index is 0.132. The van der Waals surface area contributed by atoms with Crippen LogP contribution in [0.3, 0.4) is 0 Å². The first-order valence-corrected chi connectivity index (χ1v) is 9.66. The Bertz CT molecular complexity index is 743. The number of hydrogen-bond donors (Lipinski definition) is 1. The lowest BCUT2D eigenvalue weighted by molar-refractivity contribution is -0.151. The molecule has 0 radical (unpaired) electrons. The second-order valence-electron chi connectivity index (χ2n) is 6.83. The molecule has 2 rings (SSSR count). The van der Waals surface area contributed by atoms with E-state index in [0.717, 1.165) is 23.3 Å². The van der Waals surface area contributed by atoms with Crippen molar-refractivity contribution in [2.45, 2.75) is 32.6 Å². The Hall–Kier alpha value is -2.82. The van der Waals surface area contributed by atoms with E-state index in [1.54, 1.807) is 7.11 Å². The van der Waals surface area contributed by atoms with Gasteiger partial charge in [0.05, 0.1) is 13.0 Å². The molecule has 0 aliphatic carbocycles. The summed E-state index contributed by atoms with van der Waals surface area (Å²) in [5.74, 6) is -0.0796. The summed E-state index contributed by atoms with van der Waals surface area (Å²) in [6, 6.07) is 17.3. The molecule has 0 saturated heterocycles. The van der Waals surface area contributed by atoms with Crippen LogP contribution in [0.1, 0.15) is 37.3 Å². The lowest BCUT2D eigenvalue weighted by Crippen LogP contribution is -2.32. The van der Waals surface area contributed by atoms with Crippen molar-refractivity contribution in [3.05, 3.63) is 65.7 Å². The number of esters is 1. The van der Waals surface area contributed by atoms with Gasteiger partial charge in [0, 0.05) is 6.54 Å².